The van der Waals surface area contributed by atoms with Gasteiger partial charge in [-0.05, 0) is 5.25 Å². The van der Waals surface area contributed by atoms with Crippen molar-refractivity contribution in [3.63, 3.8) is 0 Å². The van der Waals surface area contributed by atoms with Gasteiger partial charge in [-0.15, -0.1) is 11.8 Å². The SMILES string of the molecule is COC(=O)C[C@H](NC(=O)CSC(C)C)C(=O)O. The second kappa shape index (κ2) is 7.94. The maximum absolute atomic E-state index is 11.4. The number of hydrogen-bond donors (Lipinski definition) is 2. The molecular weight excluding hydrogens is 246 g/mol. The fourth-order valence-electron chi connectivity index (χ4n) is 0.928. The van der Waals surface area contributed by atoms with Crippen molar-refractivity contribution < 1.29 is 24.2 Å². The minimum absolute atomic E-state index is 0.169. The quantitative estimate of drug-likeness (QED) is 0.640. The number of hydrogen-bond acceptors (Lipinski definition) is 5. The maximum Gasteiger partial charge on any atom is 0.326 e. The van der Waals surface area contributed by atoms with Crippen LogP contribution in [0.3, 0.4) is 0 Å². The van der Waals surface area contributed by atoms with E-state index in [2.05, 4.69) is 10.1 Å². The van der Waals surface area contributed by atoms with Crippen molar-refractivity contribution in [2.45, 2.75) is 31.6 Å². The smallest absolute Gasteiger partial charge is 0.326 e. The molecule has 6 nitrogen and oxygen atoms in total. The van der Waals surface area contributed by atoms with Crippen LogP contribution in [-0.2, 0) is 19.1 Å². The van der Waals surface area contributed by atoms with Gasteiger partial charge in [-0.25, -0.2) is 4.79 Å². The largest absolute Gasteiger partial charge is 0.480 e. The Morgan fingerprint density at radius 2 is 1.94 bits per heavy atom. The van der Waals surface area contributed by atoms with E-state index in [1.54, 1.807) is 0 Å². The van der Waals surface area contributed by atoms with E-state index in [-0.39, 0.29) is 17.4 Å². The van der Waals surface area contributed by atoms with E-state index >= 15 is 0 Å². The molecule has 7 heteroatoms. The van der Waals surface area contributed by atoms with Gasteiger partial charge in [0.25, 0.3) is 0 Å². The lowest BCUT2D eigenvalue weighted by molar-refractivity contribution is -0.148. The molecule has 0 saturated carbocycles. The van der Waals surface area contributed by atoms with Crippen molar-refractivity contribution in [1.29, 1.82) is 0 Å². The predicted molar refractivity (Wildman–Crippen MR) is 63.8 cm³/mol. The fourth-order valence-corrected chi connectivity index (χ4v) is 1.50. The highest BCUT2D eigenvalue weighted by atomic mass is 32.2. The summed E-state index contributed by atoms with van der Waals surface area (Å²) in [7, 11) is 1.16. The molecule has 0 spiro atoms. The van der Waals surface area contributed by atoms with Crippen LogP contribution in [0.2, 0.25) is 0 Å². The minimum Gasteiger partial charge on any atom is -0.480 e. The van der Waals surface area contributed by atoms with E-state index < -0.39 is 23.9 Å². The van der Waals surface area contributed by atoms with Crippen LogP contribution in [0.25, 0.3) is 0 Å². The molecule has 1 atom stereocenters. The molecule has 0 aliphatic heterocycles. The summed E-state index contributed by atoms with van der Waals surface area (Å²) in [6.45, 7) is 3.86. The molecule has 2 N–H and O–H groups in total. The predicted octanol–water partition coefficient (Wildman–Crippen LogP) is 0.260. The van der Waals surface area contributed by atoms with Gasteiger partial charge in [0.15, 0.2) is 0 Å². The van der Waals surface area contributed by atoms with Gasteiger partial charge in [0.05, 0.1) is 19.3 Å². The summed E-state index contributed by atoms with van der Waals surface area (Å²) in [5.74, 6) is -2.16. The first kappa shape index (κ1) is 15.8. The third-order valence-corrected chi connectivity index (χ3v) is 2.88. The van der Waals surface area contributed by atoms with Crippen LogP contribution in [0, 0.1) is 0 Å². The number of carboxylic acid groups (broad SMARTS) is 1. The van der Waals surface area contributed by atoms with Crippen molar-refractivity contribution in [2.75, 3.05) is 12.9 Å². The number of carbonyl (C=O) groups excluding carboxylic acids is 2. The molecule has 0 aliphatic carbocycles. The van der Waals surface area contributed by atoms with Gasteiger partial charge in [-0.3, -0.25) is 9.59 Å². The molecule has 0 bridgehead atoms. The second-order valence-electron chi connectivity index (χ2n) is 3.60. The summed E-state index contributed by atoms with van der Waals surface area (Å²) >= 11 is 1.40. The molecule has 0 heterocycles. The third-order valence-electron chi connectivity index (χ3n) is 1.78. The van der Waals surface area contributed by atoms with E-state index in [0.717, 1.165) is 7.11 Å². The Kier molecular flexibility index (Phi) is 7.36. The van der Waals surface area contributed by atoms with Crippen LogP contribution in [-0.4, -0.2) is 47.1 Å². The number of carbonyl (C=O) groups is 3. The van der Waals surface area contributed by atoms with Gasteiger partial charge in [0.2, 0.25) is 5.91 Å². The lowest BCUT2D eigenvalue weighted by Crippen LogP contribution is -2.43. The summed E-state index contributed by atoms with van der Waals surface area (Å²) in [6, 6.07) is -1.23. The Labute approximate surface area is 104 Å². The third kappa shape index (κ3) is 7.62. The summed E-state index contributed by atoms with van der Waals surface area (Å²) in [4.78, 5) is 33.1. The Hall–Kier alpha value is -1.24. The number of esters is 1. The number of thioether (sulfide) groups is 1. The van der Waals surface area contributed by atoms with Gasteiger partial charge in [0, 0.05) is 0 Å². The van der Waals surface area contributed by atoms with Crippen molar-refractivity contribution >= 4 is 29.6 Å². The van der Waals surface area contributed by atoms with Crippen LogP contribution < -0.4 is 5.32 Å². The fraction of sp³-hybridized carbons (Fsp3) is 0.700. The molecule has 17 heavy (non-hydrogen) atoms. The standard InChI is InChI=1S/C10H17NO5S/c1-6(2)17-5-8(12)11-7(10(14)15)4-9(13)16-3/h6-7H,4-5H2,1-3H3,(H,11,12)(H,14,15)/t7-/m0/s1. The van der Waals surface area contributed by atoms with Gasteiger partial charge >= 0.3 is 11.9 Å². The normalized spacial score (nSPS) is 12.0. The highest BCUT2D eigenvalue weighted by molar-refractivity contribution is 8.00. The molecule has 0 aromatic carbocycles. The molecule has 0 radical (unpaired) electrons. The molecule has 0 saturated heterocycles. The first-order chi connectivity index (χ1) is 7.86. The van der Waals surface area contributed by atoms with Gasteiger partial charge in [0.1, 0.15) is 6.04 Å². The zero-order chi connectivity index (χ0) is 13.4. The van der Waals surface area contributed by atoms with Crippen molar-refractivity contribution in [1.82, 2.24) is 5.32 Å². The van der Waals surface area contributed by atoms with Crippen LogP contribution >= 0.6 is 11.8 Å². The molecule has 0 unspecified atom stereocenters. The molecular formula is C10H17NO5S. The maximum atomic E-state index is 11.4. The number of amides is 1. The Morgan fingerprint density at radius 3 is 2.35 bits per heavy atom. The Morgan fingerprint density at radius 1 is 1.35 bits per heavy atom. The number of ether oxygens (including phenoxy) is 1. The molecule has 0 aromatic heterocycles. The zero-order valence-corrected chi connectivity index (χ0v) is 10.9. The molecule has 0 aromatic rings. The van der Waals surface area contributed by atoms with Crippen molar-refractivity contribution in [3.8, 4) is 0 Å². The van der Waals surface area contributed by atoms with E-state index in [9.17, 15) is 14.4 Å². The summed E-state index contributed by atoms with van der Waals surface area (Å²) < 4.78 is 4.35. The van der Waals surface area contributed by atoms with Crippen LogP contribution in [0.5, 0.6) is 0 Å². The summed E-state index contributed by atoms with van der Waals surface area (Å²) in [6.07, 6.45) is -0.371. The molecule has 0 aliphatic rings. The Balaban J connectivity index is 4.20. The molecule has 0 fully saturated rings. The monoisotopic (exact) mass is 263 g/mol. The average Bonchev–Trinajstić information content (AvgIpc) is 2.25. The number of nitrogens with one attached hydrogen (secondary N) is 1. The summed E-state index contributed by atoms with van der Waals surface area (Å²) in [5.41, 5.74) is 0. The lowest BCUT2D eigenvalue weighted by Gasteiger charge is -2.13. The highest BCUT2D eigenvalue weighted by Gasteiger charge is 2.23. The van der Waals surface area contributed by atoms with E-state index in [1.165, 1.54) is 11.8 Å². The number of rotatable bonds is 7. The Bertz CT molecular complexity index is 292. The first-order valence-electron chi connectivity index (χ1n) is 5.07. The van der Waals surface area contributed by atoms with E-state index in [1.807, 2.05) is 13.8 Å². The van der Waals surface area contributed by atoms with E-state index in [0.29, 0.717) is 0 Å². The van der Waals surface area contributed by atoms with Crippen LogP contribution in [0.4, 0.5) is 0 Å². The topological polar surface area (TPSA) is 92.7 Å². The number of carboxylic acids is 1. The zero-order valence-electron chi connectivity index (χ0n) is 10.1. The molecule has 1 amide bonds. The molecule has 98 valence electrons. The summed E-state index contributed by atoms with van der Waals surface area (Å²) in [5, 5.41) is 11.4. The first-order valence-corrected chi connectivity index (χ1v) is 6.12. The minimum atomic E-state index is -1.25. The number of aliphatic carboxylic acids is 1. The molecule has 0 rings (SSSR count). The van der Waals surface area contributed by atoms with Crippen LogP contribution in [0.1, 0.15) is 20.3 Å². The lowest BCUT2D eigenvalue weighted by atomic mass is 10.2. The van der Waals surface area contributed by atoms with Crippen molar-refractivity contribution in [3.05, 3.63) is 0 Å². The highest BCUT2D eigenvalue weighted by Crippen LogP contribution is 2.08. The van der Waals surface area contributed by atoms with Gasteiger partial charge < -0.3 is 15.2 Å². The van der Waals surface area contributed by atoms with Crippen molar-refractivity contribution in [2.24, 2.45) is 0 Å². The van der Waals surface area contributed by atoms with Gasteiger partial charge in [-0.2, -0.15) is 0 Å². The van der Waals surface area contributed by atoms with E-state index in [4.69, 9.17) is 5.11 Å². The van der Waals surface area contributed by atoms with Crippen LogP contribution in [0.15, 0.2) is 0 Å². The number of methoxy groups -OCH3 is 1. The second-order valence-corrected chi connectivity index (χ2v) is 5.16. The van der Waals surface area contributed by atoms with Gasteiger partial charge in [-0.1, -0.05) is 13.8 Å². The average molecular weight is 263 g/mol.